The number of rotatable bonds is 7. The molecule has 0 N–H and O–H groups in total. The lowest BCUT2D eigenvalue weighted by molar-refractivity contribution is -0.0258. The van der Waals surface area contributed by atoms with Crippen LogP contribution in [0.3, 0.4) is 0 Å². The fourth-order valence-electron chi connectivity index (χ4n) is 1.91. The van der Waals surface area contributed by atoms with Crippen LogP contribution in [0.25, 0.3) is 0 Å². The molecule has 1 rings (SSSR count). The first kappa shape index (κ1) is 19.6. The van der Waals surface area contributed by atoms with Gasteiger partial charge in [0.2, 0.25) is 0 Å². The van der Waals surface area contributed by atoms with E-state index in [1.807, 2.05) is 13.8 Å². The molecular weight excluding hydrogens is 340 g/mol. The van der Waals surface area contributed by atoms with Gasteiger partial charge in [0.15, 0.2) is 0 Å². The molecule has 0 aliphatic rings. The molecule has 1 amide bonds. The zero-order valence-electron chi connectivity index (χ0n) is 13.7. The summed E-state index contributed by atoms with van der Waals surface area (Å²) < 4.78 is 25.4. The van der Waals surface area contributed by atoms with Crippen LogP contribution in [0.2, 0.25) is 5.02 Å². The van der Waals surface area contributed by atoms with Crippen LogP contribution < -0.4 is 0 Å². The summed E-state index contributed by atoms with van der Waals surface area (Å²) in [5.41, 5.74) is 1.07. The smallest absolute Gasteiger partial charge is 0.266 e. The molecule has 6 nitrogen and oxygen atoms in total. The van der Waals surface area contributed by atoms with Crippen LogP contribution in [0.4, 0.5) is 0 Å². The average Bonchev–Trinajstić information content (AvgIpc) is 2.51. The van der Waals surface area contributed by atoms with E-state index in [0.29, 0.717) is 17.6 Å². The molecule has 0 fully saturated rings. The maximum Gasteiger partial charge on any atom is 0.266 e. The zero-order chi connectivity index (χ0) is 17.8. The molecule has 0 bridgehead atoms. The first-order valence-electron chi connectivity index (χ1n) is 6.91. The number of halogens is 1. The van der Waals surface area contributed by atoms with Gasteiger partial charge in [-0.1, -0.05) is 28.2 Å². The van der Waals surface area contributed by atoms with E-state index < -0.39 is 10.0 Å². The first-order chi connectivity index (χ1) is 10.6. The number of hydrogen-bond acceptors (Lipinski definition) is 4. The minimum Gasteiger partial charge on any atom is -0.335 e. The molecule has 1 aromatic rings. The lowest BCUT2D eigenvalue weighted by Gasteiger charge is -2.22. The maximum atomic E-state index is 12.5. The summed E-state index contributed by atoms with van der Waals surface area (Å²) in [6.45, 7) is 8.33. The number of nitrogens with zero attached hydrogens (tertiary/aromatic N) is 2. The number of sulfonamides is 1. The number of benzene rings is 1. The van der Waals surface area contributed by atoms with Gasteiger partial charge in [0.05, 0.1) is 12.1 Å². The Labute approximate surface area is 142 Å². The minimum absolute atomic E-state index is 0.0217. The number of likely N-dealkylation sites (N-methyl/N-ethyl adjacent to an activating group) is 1. The van der Waals surface area contributed by atoms with Crippen LogP contribution in [-0.2, 0) is 14.9 Å². The standard InChI is InChI=1S/C15H21ClN2O4S/c1-6-18(10-11(2)3)15(19)12-7-8-13(16)14(9-12)23(20,21)17(4)22-5/h7-9H,2,6,10H2,1,3-5H3. The van der Waals surface area contributed by atoms with Crippen molar-refractivity contribution in [3.63, 3.8) is 0 Å². The Kier molecular flexibility index (Phi) is 6.76. The quantitative estimate of drug-likeness (QED) is 0.553. The lowest BCUT2D eigenvalue weighted by atomic mass is 10.2. The van der Waals surface area contributed by atoms with Crippen LogP contribution in [0.15, 0.2) is 35.2 Å². The molecule has 8 heteroatoms. The summed E-state index contributed by atoms with van der Waals surface area (Å²) >= 11 is 5.98. The third-order valence-corrected chi connectivity index (χ3v) is 5.34. The van der Waals surface area contributed by atoms with E-state index in [9.17, 15) is 13.2 Å². The molecule has 23 heavy (non-hydrogen) atoms. The Bertz CT molecular complexity index is 703. The highest BCUT2D eigenvalue weighted by Crippen LogP contribution is 2.26. The Balaban J connectivity index is 3.29. The van der Waals surface area contributed by atoms with E-state index in [4.69, 9.17) is 16.4 Å². The molecule has 0 radical (unpaired) electrons. The molecule has 0 spiro atoms. The van der Waals surface area contributed by atoms with Crippen molar-refractivity contribution < 1.29 is 18.0 Å². The van der Waals surface area contributed by atoms with Crippen molar-refractivity contribution in [2.45, 2.75) is 18.7 Å². The molecule has 128 valence electrons. The van der Waals surface area contributed by atoms with Crippen molar-refractivity contribution in [1.29, 1.82) is 0 Å². The number of carbonyl (C=O) groups excluding carboxylic acids is 1. The predicted molar refractivity (Wildman–Crippen MR) is 89.8 cm³/mol. The predicted octanol–water partition coefficient (Wildman–Crippen LogP) is 2.56. The zero-order valence-corrected chi connectivity index (χ0v) is 15.2. The van der Waals surface area contributed by atoms with Gasteiger partial charge < -0.3 is 4.90 Å². The van der Waals surface area contributed by atoms with E-state index in [1.54, 1.807) is 4.90 Å². The Hall–Kier alpha value is -1.41. The molecule has 0 saturated carbocycles. The van der Waals surface area contributed by atoms with Crippen molar-refractivity contribution in [1.82, 2.24) is 9.37 Å². The summed E-state index contributed by atoms with van der Waals surface area (Å²) in [4.78, 5) is 18.7. The van der Waals surface area contributed by atoms with Crippen LogP contribution in [-0.4, -0.2) is 50.9 Å². The maximum absolute atomic E-state index is 12.5. The number of carbonyl (C=O) groups is 1. The highest BCUT2D eigenvalue weighted by Gasteiger charge is 2.26. The van der Waals surface area contributed by atoms with E-state index in [2.05, 4.69) is 6.58 Å². The Morgan fingerprint density at radius 3 is 2.48 bits per heavy atom. The third kappa shape index (κ3) is 4.54. The first-order valence-corrected chi connectivity index (χ1v) is 8.73. The summed E-state index contributed by atoms with van der Waals surface area (Å²) in [5.74, 6) is -0.288. The van der Waals surface area contributed by atoms with Crippen LogP contribution in [0, 0.1) is 0 Å². The molecule has 0 atom stereocenters. The van der Waals surface area contributed by atoms with Gasteiger partial charge in [0.1, 0.15) is 4.90 Å². The molecular formula is C15H21ClN2O4S. The average molecular weight is 361 g/mol. The largest absolute Gasteiger partial charge is 0.335 e. The number of hydroxylamine groups is 1. The molecule has 0 aliphatic carbocycles. The fourth-order valence-corrected chi connectivity index (χ4v) is 3.38. The molecule has 0 heterocycles. The Morgan fingerprint density at radius 1 is 1.39 bits per heavy atom. The summed E-state index contributed by atoms with van der Waals surface area (Å²) in [5, 5.41) is 0.0217. The van der Waals surface area contributed by atoms with Crippen LogP contribution in [0.1, 0.15) is 24.2 Å². The van der Waals surface area contributed by atoms with Crippen molar-refractivity contribution in [3.05, 3.63) is 40.9 Å². The van der Waals surface area contributed by atoms with Crippen LogP contribution >= 0.6 is 11.6 Å². The molecule has 0 aromatic heterocycles. The molecule has 1 aromatic carbocycles. The summed E-state index contributed by atoms with van der Waals surface area (Å²) in [7, 11) is -1.46. The Morgan fingerprint density at radius 2 is 2.00 bits per heavy atom. The van der Waals surface area contributed by atoms with Gasteiger partial charge in [-0.2, -0.15) is 0 Å². The molecule has 0 saturated heterocycles. The summed E-state index contributed by atoms with van der Waals surface area (Å²) in [6, 6.07) is 4.15. The second-order valence-corrected chi connectivity index (χ2v) is 7.33. The fraction of sp³-hybridized carbons (Fsp3) is 0.400. The summed E-state index contributed by atoms with van der Waals surface area (Å²) in [6.07, 6.45) is 0. The third-order valence-electron chi connectivity index (χ3n) is 3.18. The topological polar surface area (TPSA) is 66.9 Å². The van der Waals surface area contributed by atoms with Gasteiger partial charge in [-0.05, 0) is 32.0 Å². The second kappa shape index (κ2) is 7.92. The second-order valence-electron chi connectivity index (χ2n) is 5.02. The van der Waals surface area contributed by atoms with Crippen molar-refractivity contribution in [2.24, 2.45) is 0 Å². The van der Waals surface area contributed by atoms with Crippen molar-refractivity contribution in [3.8, 4) is 0 Å². The van der Waals surface area contributed by atoms with E-state index in [1.165, 1.54) is 32.4 Å². The molecule has 0 aliphatic heterocycles. The van der Waals surface area contributed by atoms with Crippen LogP contribution in [0.5, 0.6) is 0 Å². The van der Waals surface area contributed by atoms with Gasteiger partial charge in [0, 0.05) is 25.7 Å². The highest BCUT2D eigenvalue weighted by atomic mass is 35.5. The van der Waals surface area contributed by atoms with E-state index in [-0.39, 0.29) is 21.4 Å². The molecule has 0 unspecified atom stereocenters. The van der Waals surface area contributed by atoms with Gasteiger partial charge in [0.25, 0.3) is 15.9 Å². The van der Waals surface area contributed by atoms with Gasteiger partial charge in [-0.3, -0.25) is 9.63 Å². The SMILES string of the molecule is C=C(C)CN(CC)C(=O)c1ccc(Cl)c(S(=O)(=O)N(C)OC)c1. The van der Waals surface area contributed by atoms with Gasteiger partial charge in [-0.25, -0.2) is 8.42 Å². The highest BCUT2D eigenvalue weighted by molar-refractivity contribution is 7.89. The number of amides is 1. The lowest BCUT2D eigenvalue weighted by Crippen LogP contribution is -2.32. The van der Waals surface area contributed by atoms with Gasteiger partial charge in [-0.15, -0.1) is 0 Å². The van der Waals surface area contributed by atoms with E-state index >= 15 is 0 Å². The minimum atomic E-state index is -3.94. The monoisotopic (exact) mass is 360 g/mol. The van der Waals surface area contributed by atoms with Crippen molar-refractivity contribution in [2.75, 3.05) is 27.2 Å². The normalized spacial score (nSPS) is 11.6. The number of hydrogen-bond donors (Lipinski definition) is 0. The van der Waals surface area contributed by atoms with Gasteiger partial charge >= 0.3 is 0 Å². The van der Waals surface area contributed by atoms with E-state index in [0.717, 1.165) is 5.57 Å². The van der Waals surface area contributed by atoms with Crippen molar-refractivity contribution >= 4 is 27.5 Å².